The predicted octanol–water partition coefficient (Wildman–Crippen LogP) is 2.45. The number of hydrogen-bond acceptors (Lipinski definition) is 4. The molecule has 1 heterocycles. The van der Waals surface area contributed by atoms with Crippen LogP contribution in [0.25, 0.3) is 0 Å². The Kier molecular flexibility index (Phi) is 3.51. The molecule has 0 fully saturated rings. The fraction of sp³-hybridized carbons (Fsp3) is 0.250. The molecule has 3 nitrogen and oxygen atoms in total. The normalized spacial score (nSPS) is 12.7. The first-order chi connectivity index (χ1) is 8.11. The lowest BCUT2D eigenvalue weighted by atomic mass is 10.1. The summed E-state index contributed by atoms with van der Waals surface area (Å²) in [4.78, 5) is 5.38. The Labute approximate surface area is 103 Å². The van der Waals surface area contributed by atoms with E-state index in [4.69, 9.17) is 5.84 Å². The van der Waals surface area contributed by atoms with Gasteiger partial charge in [-0.1, -0.05) is 12.1 Å². The van der Waals surface area contributed by atoms with Crippen molar-refractivity contribution < 1.29 is 4.39 Å². The van der Waals surface area contributed by atoms with Gasteiger partial charge in [-0.15, -0.1) is 11.3 Å². The maximum Gasteiger partial charge on any atom is 0.123 e. The van der Waals surface area contributed by atoms with Crippen LogP contribution in [0, 0.1) is 19.7 Å². The molecule has 0 amide bonds. The van der Waals surface area contributed by atoms with Crippen LogP contribution in [-0.2, 0) is 0 Å². The number of nitrogens with zero attached hydrogens (tertiary/aromatic N) is 1. The molecule has 2 rings (SSSR count). The van der Waals surface area contributed by atoms with Crippen molar-refractivity contribution in [2.24, 2.45) is 5.84 Å². The van der Waals surface area contributed by atoms with Crippen LogP contribution in [0.2, 0.25) is 0 Å². The van der Waals surface area contributed by atoms with E-state index in [2.05, 4.69) is 10.4 Å². The standard InChI is InChI=1S/C12H14FN3S/c1-7-12(17-8(2)15-7)11(16-14)9-4-3-5-10(13)6-9/h3-6,11,16H,14H2,1-2H3. The number of benzene rings is 1. The van der Waals surface area contributed by atoms with Gasteiger partial charge in [0.25, 0.3) is 0 Å². The van der Waals surface area contributed by atoms with E-state index in [-0.39, 0.29) is 11.9 Å². The molecule has 1 atom stereocenters. The third kappa shape index (κ3) is 2.52. The zero-order chi connectivity index (χ0) is 12.4. The molecular weight excluding hydrogens is 237 g/mol. The van der Waals surface area contributed by atoms with Gasteiger partial charge < -0.3 is 0 Å². The van der Waals surface area contributed by atoms with E-state index in [1.807, 2.05) is 19.9 Å². The monoisotopic (exact) mass is 251 g/mol. The summed E-state index contributed by atoms with van der Waals surface area (Å²) in [6, 6.07) is 6.22. The van der Waals surface area contributed by atoms with Gasteiger partial charge in [0.15, 0.2) is 0 Å². The molecule has 2 aromatic rings. The molecule has 0 bridgehead atoms. The number of hydrazine groups is 1. The third-order valence-electron chi connectivity index (χ3n) is 2.55. The zero-order valence-corrected chi connectivity index (χ0v) is 10.5. The zero-order valence-electron chi connectivity index (χ0n) is 9.70. The summed E-state index contributed by atoms with van der Waals surface area (Å²) in [7, 11) is 0. The molecule has 0 spiro atoms. The maximum atomic E-state index is 13.2. The van der Waals surface area contributed by atoms with E-state index in [9.17, 15) is 4.39 Å². The number of rotatable bonds is 3. The van der Waals surface area contributed by atoms with Crippen molar-refractivity contribution in [3.63, 3.8) is 0 Å². The highest BCUT2D eigenvalue weighted by Gasteiger charge is 2.18. The lowest BCUT2D eigenvalue weighted by Crippen LogP contribution is -2.28. The molecule has 1 aromatic heterocycles. The van der Waals surface area contributed by atoms with Crippen LogP contribution in [-0.4, -0.2) is 4.98 Å². The fourth-order valence-corrected chi connectivity index (χ4v) is 2.84. The molecule has 5 heteroatoms. The number of aryl methyl sites for hydroxylation is 2. The number of nitrogens with two attached hydrogens (primary N) is 1. The second-order valence-corrected chi connectivity index (χ2v) is 5.07. The first-order valence-electron chi connectivity index (χ1n) is 5.27. The average molecular weight is 251 g/mol. The van der Waals surface area contributed by atoms with Crippen LogP contribution in [0.5, 0.6) is 0 Å². The highest BCUT2D eigenvalue weighted by molar-refractivity contribution is 7.11. The van der Waals surface area contributed by atoms with Gasteiger partial charge in [0.05, 0.1) is 21.6 Å². The van der Waals surface area contributed by atoms with Crippen LogP contribution in [0.4, 0.5) is 4.39 Å². The molecule has 1 aromatic carbocycles. The number of halogens is 1. The lowest BCUT2D eigenvalue weighted by molar-refractivity contribution is 0.607. The van der Waals surface area contributed by atoms with E-state index in [1.165, 1.54) is 12.1 Å². The summed E-state index contributed by atoms with van der Waals surface area (Å²) in [5, 5.41) is 0.981. The van der Waals surface area contributed by atoms with Gasteiger partial charge >= 0.3 is 0 Å². The summed E-state index contributed by atoms with van der Waals surface area (Å²) in [5.74, 6) is 5.31. The number of hydrogen-bond donors (Lipinski definition) is 2. The molecule has 0 saturated carbocycles. The minimum atomic E-state index is -0.262. The maximum absolute atomic E-state index is 13.2. The molecule has 17 heavy (non-hydrogen) atoms. The predicted molar refractivity (Wildman–Crippen MR) is 67.2 cm³/mol. The van der Waals surface area contributed by atoms with E-state index in [0.717, 1.165) is 21.1 Å². The Balaban J connectivity index is 2.43. The SMILES string of the molecule is Cc1nc(C)c(C(NN)c2cccc(F)c2)s1. The van der Waals surface area contributed by atoms with Crippen molar-refractivity contribution in [3.05, 3.63) is 51.2 Å². The van der Waals surface area contributed by atoms with Gasteiger partial charge in [0, 0.05) is 0 Å². The largest absolute Gasteiger partial charge is 0.271 e. The first-order valence-corrected chi connectivity index (χ1v) is 6.09. The number of nitrogens with one attached hydrogen (secondary N) is 1. The molecule has 0 radical (unpaired) electrons. The molecule has 0 aliphatic heterocycles. The topological polar surface area (TPSA) is 50.9 Å². The summed E-state index contributed by atoms with van der Waals surface area (Å²) in [6.45, 7) is 3.88. The van der Waals surface area contributed by atoms with Crippen LogP contribution < -0.4 is 11.3 Å². The summed E-state index contributed by atoms with van der Waals surface area (Å²) in [5.41, 5.74) is 4.45. The van der Waals surface area contributed by atoms with Crippen LogP contribution in [0.1, 0.15) is 27.2 Å². The molecule has 0 aliphatic rings. The molecular formula is C12H14FN3S. The van der Waals surface area contributed by atoms with E-state index < -0.39 is 0 Å². The van der Waals surface area contributed by atoms with Crippen molar-refractivity contribution in [1.29, 1.82) is 0 Å². The Morgan fingerprint density at radius 3 is 2.71 bits per heavy atom. The summed E-state index contributed by atoms with van der Waals surface area (Å²) < 4.78 is 13.2. The number of aromatic nitrogens is 1. The van der Waals surface area contributed by atoms with Crippen LogP contribution in [0.15, 0.2) is 24.3 Å². The van der Waals surface area contributed by atoms with E-state index in [0.29, 0.717) is 0 Å². The Morgan fingerprint density at radius 1 is 1.41 bits per heavy atom. The van der Waals surface area contributed by atoms with Crippen molar-refractivity contribution in [2.45, 2.75) is 19.9 Å². The second-order valence-electron chi connectivity index (χ2n) is 3.84. The number of thiazole rings is 1. The smallest absolute Gasteiger partial charge is 0.123 e. The molecule has 3 N–H and O–H groups in total. The van der Waals surface area contributed by atoms with E-state index >= 15 is 0 Å². The van der Waals surface area contributed by atoms with Gasteiger partial charge in [0.2, 0.25) is 0 Å². The third-order valence-corrected chi connectivity index (χ3v) is 3.69. The average Bonchev–Trinajstić information content (AvgIpc) is 2.59. The molecule has 0 saturated heterocycles. The minimum Gasteiger partial charge on any atom is -0.271 e. The Hall–Kier alpha value is -1.30. The van der Waals surface area contributed by atoms with Gasteiger partial charge in [-0.05, 0) is 31.5 Å². The summed E-state index contributed by atoms with van der Waals surface area (Å²) in [6.07, 6.45) is 0. The lowest BCUT2D eigenvalue weighted by Gasteiger charge is -2.15. The molecule has 0 aliphatic carbocycles. The van der Waals surface area contributed by atoms with Crippen molar-refractivity contribution in [2.75, 3.05) is 0 Å². The van der Waals surface area contributed by atoms with Gasteiger partial charge in [0.1, 0.15) is 5.82 Å². The molecule has 1 unspecified atom stereocenters. The molecule has 90 valence electrons. The first kappa shape index (κ1) is 12.2. The second kappa shape index (κ2) is 4.91. The van der Waals surface area contributed by atoms with Crippen LogP contribution in [0.3, 0.4) is 0 Å². The minimum absolute atomic E-state index is 0.211. The Morgan fingerprint density at radius 2 is 2.18 bits per heavy atom. The van der Waals surface area contributed by atoms with Crippen LogP contribution >= 0.6 is 11.3 Å². The van der Waals surface area contributed by atoms with Gasteiger partial charge in [-0.25, -0.2) is 14.8 Å². The quantitative estimate of drug-likeness (QED) is 0.651. The van der Waals surface area contributed by atoms with E-state index in [1.54, 1.807) is 17.4 Å². The highest BCUT2D eigenvalue weighted by atomic mass is 32.1. The fourth-order valence-electron chi connectivity index (χ4n) is 1.82. The van der Waals surface area contributed by atoms with Crippen molar-refractivity contribution in [1.82, 2.24) is 10.4 Å². The van der Waals surface area contributed by atoms with Crippen molar-refractivity contribution >= 4 is 11.3 Å². The Bertz CT molecular complexity index is 524. The highest BCUT2D eigenvalue weighted by Crippen LogP contribution is 2.29. The van der Waals surface area contributed by atoms with Gasteiger partial charge in [-0.3, -0.25) is 5.84 Å². The summed E-state index contributed by atoms with van der Waals surface area (Å²) >= 11 is 1.57. The van der Waals surface area contributed by atoms with Gasteiger partial charge in [-0.2, -0.15) is 0 Å². The van der Waals surface area contributed by atoms with Crippen molar-refractivity contribution in [3.8, 4) is 0 Å².